The molecule has 2 aromatic rings. The second kappa shape index (κ2) is 4.66. The molecule has 0 fully saturated rings. The van der Waals surface area contributed by atoms with Gasteiger partial charge in [-0.3, -0.25) is 0 Å². The standard InChI is InChI=1S/C13H14NO2/c1-14-9-7-13(8-10-14)16-12-5-3-11(15-2)4-6-12/h3-10H,1-2H3/q+1. The van der Waals surface area contributed by atoms with Gasteiger partial charge in [0.25, 0.3) is 0 Å². The van der Waals surface area contributed by atoms with E-state index in [1.165, 1.54) is 0 Å². The SMILES string of the molecule is COc1ccc(Oc2cc[n+](C)cc2)cc1. The lowest BCUT2D eigenvalue weighted by Gasteiger charge is -2.05. The van der Waals surface area contributed by atoms with Crippen molar-refractivity contribution < 1.29 is 14.0 Å². The average molecular weight is 216 g/mol. The van der Waals surface area contributed by atoms with E-state index in [1.807, 2.05) is 60.4 Å². The molecule has 0 unspecified atom stereocenters. The molecule has 0 aliphatic heterocycles. The van der Waals surface area contributed by atoms with E-state index in [0.717, 1.165) is 17.2 Å². The maximum Gasteiger partial charge on any atom is 0.172 e. The lowest BCUT2D eigenvalue weighted by Crippen LogP contribution is -2.25. The predicted molar refractivity (Wildman–Crippen MR) is 60.7 cm³/mol. The number of methoxy groups -OCH3 is 1. The first-order valence-corrected chi connectivity index (χ1v) is 5.05. The Morgan fingerprint density at radius 3 is 1.88 bits per heavy atom. The molecule has 0 aliphatic carbocycles. The van der Waals surface area contributed by atoms with Gasteiger partial charge in [0.15, 0.2) is 12.4 Å². The van der Waals surface area contributed by atoms with Gasteiger partial charge in [-0.05, 0) is 24.3 Å². The molecule has 0 bridgehead atoms. The van der Waals surface area contributed by atoms with Gasteiger partial charge in [0, 0.05) is 12.1 Å². The van der Waals surface area contributed by atoms with Crippen molar-refractivity contribution in [3.8, 4) is 17.2 Å². The highest BCUT2D eigenvalue weighted by Gasteiger charge is 1.99. The van der Waals surface area contributed by atoms with E-state index in [0.29, 0.717) is 0 Å². The molecule has 0 saturated heterocycles. The second-order valence-electron chi connectivity index (χ2n) is 3.48. The smallest absolute Gasteiger partial charge is 0.172 e. The van der Waals surface area contributed by atoms with Gasteiger partial charge < -0.3 is 9.47 Å². The van der Waals surface area contributed by atoms with Crippen molar-refractivity contribution in [2.75, 3.05) is 7.11 Å². The van der Waals surface area contributed by atoms with Crippen molar-refractivity contribution in [3.63, 3.8) is 0 Å². The Morgan fingerprint density at radius 2 is 1.31 bits per heavy atom. The van der Waals surface area contributed by atoms with Gasteiger partial charge in [-0.1, -0.05) is 0 Å². The Kier molecular flexibility index (Phi) is 3.05. The molecule has 0 N–H and O–H groups in total. The van der Waals surface area contributed by atoms with E-state index < -0.39 is 0 Å². The molecule has 1 heterocycles. The van der Waals surface area contributed by atoms with Crippen LogP contribution in [0, 0.1) is 0 Å². The molecule has 3 nitrogen and oxygen atoms in total. The van der Waals surface area contributed by atoms with Gasteiger partial charge in [0.05, 0.1) is 7.11 Å². The summed E-state index contributed by atoms with van der Waals surface area (Å²) in [6, 6.07) is 11.3. The van der Waals surface area contributed by atoms with Gasteiger partial charge in [0.1, 0.15) is 24.3 Å². The van der Waals surface area contributed by atoms with E-state index in [4.69, 9.17) is 9.47 Å². The maximum absolute atomic E-state index is 5.66. The van der Waals surface area contributed by atoms with Crippen molar-refractivity contribution in [1.29, 1.82) is 0 Å². The molecule has 1 aromatic carbocycles. The molecule has 2 rings (SSSR count). The number of pyridine rings is 1. The number of hydrogen-bond acceptors (Lipinski definition) is 2. The zero-order valence-electron chi connectivity index (χ0n) is 9.38. The van der Waals surface area contributed by atoms with Crippen LogP contribution in [-0.2, 0) is 7.05 Å². The summed E-state index contributed by atoms with van der Waals surface area (Å²) < 4.78 is 12.7. The number of rotatable bonds is 3. The number of nitrogens with zero attached hydrogens (tertiary/aromatic N) is 1. The summed E-state index contributed by atoms with van der Waals surface area (Å²) in [4.78, 5) is 0. The quantitative estimate of drug-likeness (QED) is 0.735. The minimum absolute atomic E-state index is 0.801. The first-order chi connectivity index (χ1) is 7.78. The molecule has 0 aliphatic rings. The van der Waals surface area contributed by atoms with E-state index in [9.17, 15) is 0 Å². The van der Waals surface area contributed by atoms with E-state index in [-0.39, 0.29) is 0 Å². The second-order valence-corrected chi connectivity index (χ2v) is 3.48. The Morgan fingerprint density at radius 1 is 0.812 bits per heavy atom. The summed E-state index contributed by atoms with van der Waals surface area (Å²) >= 11 is 0. The highest BCUT2D eigenvalue weighted by atomic mass is 16.5. The Bertz CT molecular complexity index is 448. The molecular formula is C13H14NO2+. The van der Waals surface area contributed by atoms with E-state index >= 15 is 0 Å². The molecule has 16 heavy (non-hydrogen) atoms. The zero-order valence-corrected chi connectivity index (χ0v) is 9.38. The predicted octanol–water partition coefficient (Wildman–Crippen LogP) is 2.31. The van der Waals surface area contributed by atoms with Gasteiger partial charge >= 0.3 is 0 Å². The van der Waals surface area contributed by atoms with Crippen LogP contribution in [0.5, 0.6) is 17.2 Å². The molecule has 0 spiro atoms. The highest BCUT2D eigenvalue weighted by molar-refractivity contribution is 5.34. The van der Waals surface area contributed by atoms with Gasteiger partial charge in [-0.25, -0.2) is 4.57 Å². The fourth-order valence-electron chi connectivity index (χ4n) is 1.34. The van der Waals surface area contributed by atoms with Crippen molar-refractivity contribution >= 4 is 0 Å². The lowest BCUT2D eigenvalue weighted by atomic mass is 10.3. The first-order valence-electron chi connectivity index (χ1n) is 5.05. The van der Waals surface area contributed by atoms with Crippen molar-refractivity contribution in [1.82, 2.24) is 0 Å². The minimum Gasteiger partial charge on any atom is -0.497 e. The number of aromatic nitrogens is 1. The summed E-state index contributed by atoms with van der Waals surface area (Å²) in [5.41, 5.74) is 0. The molecular weight excluding hydrogens is 202 g/mol. The van der Waals surface area contributed by atoms with Crippen LogP contribution < -0.4 is 14.0 Å². The molecule has 0 atom stereocenters. The Hall–Kier alpha value is -2.03. The molecule has 82 valence electrons. The summed E-state index contributed by atoms with van der Waals surface area (Å²) in [5.74, 6) is 2.45. The topological polar surface area (TPSA) is 22.3 Å². The van der Waals surface area contributed by atoms with Gasteiger partial charge in [0.2, 0.25) is 0 Å². The van der Waals surface area contributed by atoms with E-state index in [2.05, 4.69) is 0 Å². The van der Waals surface area contributed by atoms with Crippen LogP contribution in [-0.4, -0.2) is 7.11 Å². The zero-order chi connectivity index (χ0) is 11.4. The molecule has 3 heteroatoms. The fraction of sp³-hybridized carbons (Fsp3) is 0.154. The van der Waals surface area contributed by atoms with E-state index in [1.54, 1.807) is 7.11 Å². The van der Waals surface area contributed by atoms with Crippen LogP contribution in [0.25, 0.3) is 0 Å². The molecule has 0 saturated carbocycles. The normalized spacial score (nSPS) is 9.88. The van der Waals surface area contributed by atoms with Gasteiger partial charge in [-0.2, -0.15) is 0 Å². The van der Waals surface area contributed by atoms with Crippen molar-refractivity contribution in [2.45, 2.75) is 0 Å². The summed E-state index contributed by atoms with van der Waals surface area (Å²) in [6.45, 7) is 0. The molecule has 1 aromatic heterocycles. The number of hydrogen-bond donors (Lipinski definition) is 0. The van der Waals surface area contributed by atoms with Crippen LogP contribution in [0.3, 0.4) is 0 Å². The summed E-state index contributed by atoms with van der Waals surface area (Å²) in [6.07, 6.45) is 3.89. The summed E-state index contributed by atoms with van der Waals surface area (Å²) in [7, 11) is 3.62. The largest absolute Gasteiger partial charge is 0.497 e. The van der Waals surface area contributed by atoms with Crippen LogP contribution in [0.2, 0.25) is 0 Å². The number of ether oxygens (including phenoxy) is 2. The maximum atomic E-state index is 5.66. The van der Waals surface area contributed by atoms with Crippen LogP contribution in [0.1, 0.15) is 0 Å². The Labute approximate surface area is 94.9 Å². The summed E-state index contributed by atoms with van der Waals surface area (Å²) in [5, 5.41) is 0. The third kappa shape index (κ3) is 2.51. The first kappa shape index (κ1) is 10.5. The third-order valence-electron chi connectivity index (χ3n) is 2.24. The van der Waals surface area contributed by atoms with Crippen LogP contribution >= 0.6 is 0 Å². The van der Waals surface area contributed by atoms with Crippen LogP contribution in [0.4, 0.5) is 0 Å². The third-order valence-corrected chi connectivity index (χ3v) is 2.24. The van der Waals surface area contributed by atoms with Crippen molar-refractivity contribution in [3.05, 3.63) is 48.8 Å². The fourth-order valence-corrected chi connectivity index (χ4v) is 1.34. The molecule has 0 amide bonds. The minimum atomic E-state index is 0.801. The number of aryl methyl sites for hydroxylation is 1. The number of benzene rings is 1. The van der Waals surface area contributed by atoms with Gasteiger partial charge in [-0.15, -0.1) is 0 Å². The monoisotopic (exact) mass is 216 g/mol. The Balaban J connectivity index is 2.11. The van der Waals surface area contributed by atoms with Crippen molar-refractivity contribution in [2.24, 2.45) is 7.05 Å². The highest BCUT2D eigenvalue weighted by Crippen LogP contribution is 2.22. The lowest BCUT2D eigenvalue weighted by molar-refractivity contribution is -0.671. The molecule has 0 radical (unpaired) electrons. The average Bonchev–Trinajstić information content (AvgIpc) is 2.33. The van der Waals surface area contributed by atoms with Crippen LogP contribution in [0.15, 0.2) is 48.8 Å².